The van der Waals surface area contributed by atoms with E-state index in [2.05, 4.69) is 22.0 Å². The van der Waals surface area contributed by atoms with Crippen molar-refractivity contribution in [1.82, 2.24) is 0 Å². The molecule has 0 spiro atoms. The number of nitrogens with zero attached hydrogens (tertiary/aromatic N) is 1. The van der Waals surface area contributed by atoms with E-state index in [4.69, 9.17) is 27.3 Å². The third kappa shape index (κ3) is 3.75. The predicted molar refractivity (Wildman–Crippen MR) is 83.2 cm³/mol. The van der Waals surface area contributed by atoms with E-state index in [1.807, 2.05) is 0 Å². The van der Waals surface area contributed by atoms with Crippen molar-refractivity contribution in [2.24, 2.45) is 5.73 Å². The zero-order valence-corrected chi connectivity index (χ0v) is 13.1. The van der Waals surface area contributed by atoms with Gasteiger partial charge in [0.2, 0.25) is 5.91 Å². The van der Waals surface area contributed by atoms with Crippen LogP contribution in [0.15, 0.2) is 40.9 Å². The predicted octanol–water partition coefficient (Wildman–Crippen LogP) is 3.65. The normalized spacial score (nSPS) is 9.95. The van der Waals surface area contributed by atoms with Gasteiger partial charge in [-0.3, -0.25) is 4.79 Å². The number of hydrogen-bond donors (Lipinski definition) is 1. The van der Waals surface area contributed by atoms with Crippen LogP contribution in [0, 0.1) is 11.3 Å². The molecule has 0 bridgehead atoms. The van der Waals surface area contributed by atoms with Crippen molar-refractivity contribution in [1.29, 1.82) is 5.26 Å². The van der Waals surface area contributed by atoms with Crippen molar-refractivity contribution >= 4 is 33.4 Å². The maximum atomic E-state index is 11.1. The molecule has 0 fully saturated rings. The van der Waals surface area contributed by atoms with E-state index in [0.29, 0.717) is 27.5 Å². The summed E-state index contributed by atoms with van der Waals surface area (Å²) in [7, 11) is 0. The number of carbonyl (C=O) groups excluding carboxylic acids is 1. The molecule has 2 N–H and O–H groups in total. The van der Waals surface area contributed by atoms with Gasteiger partial charge in [0, 0.05) is 20.6 Å². The van der Waals surface area contributed by atoms with E-state index in [9.17, 15) is 4.79 Å². The van der Waals surface area contributed by atoms with Crippen molar-refractivity contribution in [3.63, 3.8) is 0 Å². The summed E-state index contributed by atoms with van der Waals surface area (Å²) >= 11 is 9.37. The van der Waals surface area contributed by atoms with Crippen LogP contribution in [0.3, 0.4) is 0 Å². The molecule has 0 unspecified atom stereocenters. The molecular weight excluding hydrogens is 356 g/mol. The second kappa shape index (κ2) is 6.61. The van der Waals surface area contributed by atoms with E-state index in [1.54, 1.807) is 30.3 Å². The van der Waals surface area contributed by atoms with Crippen LogP contribution in [0.2, 0.25) is 5.02 Å². The Morgan fingerprint density at radius 1 is 1.33 bits per heavy atom. The Morgan fingerprint density at radius 2 is 2.10 bits per heavy atom. The van der Waals surface area contributed by atoms with E-state index < -0.39 is 5.91 Å². The summed E-state index contributed by atoms with van der Waals surface area (Å²) in [4.78, 5) is 11.1. The average molecular weight is 366 g/mol. The van der Waals surface area contributed by atoms with Crippen LogP contribution in [0.4, 0.5) is 0 Å². The Hall–Kier alpha value is -2.03. The summed E-state index contributed by atoms with van der Waals surface area (Å²) in [6, 6.07) is 12.0. The smallest absolute Gasteiger partial charge is 0.248 e. The Morgan fingerprint density at radius 3 is 2.71 bits per heavy atom. The Labute approximate surface area is 135 Å². The summed E-state index contributed by atoms with van der Waals surface area (Å²) < 4.78 is 6.41. The average Bonchev–Trinajstić information content (AvgIpc) is 2.46. The number of benzene rings is 2. The van der Waals surface area contributed by atoms with E-state index in [-0.39, 0.29) is 6.61 Å². The molecule has 4 nitrogen and oxygen atoms in total. The van der Waals surface area contributed by atoms with Gasteiger partial charge in [0.15, 0.2) is 0 Å². The highest BCUT2D eigenvalue weighted by Gasteiger charge is 2.08. The largest absolute Gasteiger partial charge is 0.487 e. The minimum absolute atomic E-state index is 0.189. The van der Waals surface area contributed by atoms with Crippen LogP contribution in [-0.2, 0) is 6.61 Å². The first-order valence-corrected chi connectivity index (χ1v) is 7.09. The van der Waals surface area contributed by atoms with Gasteiger partial charge in [-0.1, -0.05) is 33.6 Å². The number of hydrogen-bond acceptors (Lipinski definition) is 3. The van der Waals surface area contributed by atoms with Gasteiger partial charge in [0.1, 0.15) is 18.4 Å². The lowest BCUT2D eigenvalue weighted by atomic mass is 10.1. The zero-order chi connectivity index (χ0) is 15.4. The fourth-order valence-electron chi connectivity index (χ4n) is 1.69. The minimum Gasteiger partial charge on any atom is -0.487 e. The first-order chi connectivity index (χ1) is 10.0. The highest BCUT2D eigenvalue weighted by molar-refractivity contribution is 9.10. The monoisotopic (exact) mass is 364 g/mol. The maximum absolute atomic E-state index is 11.1. The summed E-state index contributed by atoms with van der Waals surface area (Å²) in [6.45, 7) is 0.189. The molecule has 6 heteroatoms. The van der Waals surface area contributed by atoms with Gasteiger partial charge in [0.25, 0.3) is 0 Å². The van der Waals surface area contributed by atoms with Gasteiger partial charge in [0.05, 0.1) is 5.56 Å². The van der Waals surface area contributed by atoms with Gasteiger partial charge in [-0.2, -0.15) is 5.26 Å². The van der Waals surface area contributed by atoms with Crippen LogP contribution >= 0.6 is 27.5 Å². The van der Waals surface area contributed by atoms with E-state index >= 15 is 0 Å². The summed E-state index contributed by atoms with van der Waals surface area (Å²) in [5.41, 5.74) is 6.65. The number of ether oxygens (including phenoxy) is 1. The number of nitriles is 1. The molecule has 0 aliphatic carbocycles. The second-order valence-corrected chi connectivity index (χ2v) is 5.53. The highest BCUT2D eigenvalue weighted by Crippen LogP contribution is 2.25. The van der Waals surface area contributed by atoms with Crippen LogP contribution in [-0.4, -0.2) is 5.91 Å². The number of rotatable bonds is 4. The number of amides is 1. The lowest BCUT2D eigenvalue weighted by Crippen LogP contribution is -2.11. The Balaban J connectivity index is 2.17. The lowest BCUT2D eigenvalue weighted by molar-refractivity contribution is 0.1000. The van der Waals surface area contributed by atoms with Gasteiger partial charge >= 0.3 is 0 Å². The first kappa shape index (κ1) is 15.4. The number of nitrogens with two attached hydrogens (primary N) is 1. The molecule has 0 heterocycles. The molecule has 0 radical (unpaired) electrons. The van der Waals surface area contributed by atoms with Crippen molar-refractivity contribution in [3.8, 4) is 11.8 Å². The number of carbonyl (C=O) groups is 1. The van der Waals surface area contributed by atoms with Crippen molar-refractivity contribution in [2.45, 2.75) is 6.61 Å². The summed E-state index contributed by atoms with van der Waals surface area (Å²) in [6.07, 6.45) is 0. The Kier molecular flexibility index (Phi) is 4.84. The summed E-state index contributed by atoms with van der Waals surface area (Å²) in [5.74, 6) is -0.0696. The molecular formula is C15H10BrClN2O2. The quantitative estimate of drug-likeness (QED) is 0.898. The van der Waals surface area contributed by atoms with E-state index in [1.165, 1.54) is 6.07 Å². The van der Waals surface area contributed by atoms with Gasteiger partial charge in [-0.25, -0.2) is 0 Å². The number of primary amides is 1. The zero-order valence-electron chi connectivity index (χ0n) is 10.8. The molecule has 0 aliphatic heterocycles. The molecule has 2 aromatic rings. The maximum Gasteiger partial charge on any atom is 0.248 e. The fourth-order valence-corrected chi connectivity index (χ4v) is 2.28. The molecule has 2 rings (SSSR count). The fraction of sp³-hybridized carbons (Fsp3) is 0.0667. The van der Waals surface area contributed by atoms with Gasteiger partial charge in [-0.05, 0) is 30.3 Å². The van der Waals surface area contributed by atoms with Crippen LogP contribution in [0.25, 0.3) is 0 Å². The van der Waals surface area contributed by atoms with Crippen LogP contribution in [0.5, 0.6) is 5.75 Å². The van der Waals surface area contributed by atoms with Gasteiger partial charge < -0.3 is 10.5 Å². The minimum atomic E-state index is -0.538. The van der Waals surface area contributed by atoms with Crippen LogP contribution in [0.1, 0.15) is 21.5 Å². The molecule has 0 aromatic heterocycles. The number of halogens is 2. The molecule has 106 valence electrons. The van der Waals surface area contributed by atoms with Crippen molar-refractivity contribution in [2.75, 3.05) is 0 Å². The molecule has 0 saturated heterocycles. The highest BCUT2D eigenvalue weighted by atomic mass is 79.9. The van der Waals surface area contributed by atoms with Crippen molar-refractivity contribution < 1.29 is 9.53 Å². The third-order valence-corrected chi connectivity index (χ3v) is 3.63. The summed E-state index contributed by atoms with van der Waals surface area (Å²) in [5, 5.41) is 9.45. The molecule has 21 heavy (non-hydrogen) atoms. The first-order valence-electron chi connectivity index (χ1n) is 5.92. The third-order valence-electron chi connectivity index (χ3n) is 2.78. The lowest BCUT2D eigenvalue weighted by Gasteiger charge is -2.10. The van der Waals surface area contributed by atoms with E-state index in [0.717, 1.165) is 4.47 Å². The second-order valence-electron chi connectivity index (χ2n) is 4.21. The standard InChI is InChI=1S/C15H10BrClN2O2/c16-12-3-4-14(11(5-12)7-18)21-8-10-2-1-9(15(19)20)6-13(10)17/h1-6H,8H2,(H2,19,20). The molecule has 0 atom stereocenters. The van der Waals surface area contributed by atoms with Gasteiger partial charge in [-0.15, -0.1) is 0 Å². The SMILES string of the molecule is N#Cc1cc(Br)ccc1OCc1ccc(C(N)=O)cc1Cl. The Bertz CT molecular complexity index is 741. The van der Waals surface area contributed by atoms with Crippen molar-refractivity contribution in [3.05, 3.63) is 62.6 Å². The molecule has 0 aliphatic rings. The molecule has 1 amide bonds. The molecule has 2 aromatic carbocycles. The topological polar surface area (TPSA) is 76.1 Å². The molecule has 0 saturated carbocycles. The van der Waals surface area contributed by atoms with Crippen LogP contribution < -0.4 is 10.5 Å².